The van der Waals surface area contributed by atoms with E-state index in [9.17, 15) is 0 Å². The van der Waals surface area contributed by atoms with E-state index in [-0.39, 0.29) is 0 Å². The Bertz CT molecular complexity index is 76.8. The average Bonchev–Trinajstić information content (AvgIpc) is 1.97. The topological polar surface area (TPSA) is 9.23 Å². The lowest BCUT2D eigenvalue weighted by Crippen LogP contribution is -1.90. The van der Waals surface area contributed by atoms with Crippen molar-refractivity contribution in [3.63, 3.8) is 0 Å². The predicted molar refractivity (Wildman–Crippen MR) is 45.2 cm³/mol. The quantitative estimate of drug-likeness (QED) is 0.409. The molecule has 0 aromatic rings. The van der Waals surface area contributed by atoms with Gasteiger partial charge in [-0.2, -0.15) is 0 Å². The molecule has 0 fully saturated rings. The number of allylic oxidation sites excluding steroid dienone is 1. The minimum absolute atomic E-state index is 0.835. The average molecular weight is 142 g/mol. The van der Waals surface area contributed by atoms with Gasteiger partial charge in [0, 0.05) is 13.2 Å². The fourth-order valence-electron chi connectivity index (χ4n) is 0.698. The molecule has 0 rings (SSSR count). The van der Waals surface area contributed by atoms with Crippen molar-refractivity contribution in [2.45, 2.75) is 33.1 Å². The van der Waals surface area contributed by atoms with E-state index < -0.39 is 0 Å². The predicted octanol–water partition coefficient (Wildman–Crippen LogP) is 2.77. The maximum Gasteiger partial charge on any atom is 0.0500 e. The molecule has 0 aliphatic heterocycles. The van der Waals surface area contributed by atoms with Crippen LogP contribution in [0.25, 0.3) is 0 Å². The first-order valence-corrected chi connectivity index (χ1v) is 4.14. The zero-order chi connectivity index (χ0) is 7.66. The van der Waals surface area contributed by atoms with E-state index in [0.717, 1.165) is 19.6 Å². The first kappa shape index (κ1) is 9.70. The molecule has 0 heterocycles. The fourth-order valence-corrected chi connectivity index (χ4v) is 0.698. The summed E-state index contributed by atoms with van der Waals surface area (Å²) in [4.78, 5) is 0. The largest absolute Gasteiger partial charge is 0.381 e. The van der Waals surface area contributed by atoms with Crippen molar-refractivity contribution in [3.8, 4) is 0 Å². The first-order valence-electron chi connectivity index (χ1n) is 4.14. The van der Waals surface area contributed by atoms with Gasteiger partial charge < -0.3 is 4.74 Å². The molecule has 60 valence electrons. The van der Waals surface area contributed by atoms with Crippen LogP contribution in [0.15, 0.2) is 12.2 Å². The number of rotatable bonds is 6. The Morgan fingerprint density at radius 1 is 1.10 bits per heavy atom. The maximum atomic E-state index is 5.16. The molecule has 0 saturated carbocycles. The van der Waals surface area contributed by atoms with Crippen LogP contribution in [-0.4, -0.2) is 13.2 Å². The summed E-state index contributed by atoms with van der Waals surface area (Å²) in [5.41, 5.74) is 0. The zero-order valence-electron chi connectivity index (χ0n) is 7.10. The van der Waals surface area contributed by atoms with Crippen molar-refractivity contribution in [2.75, 3.05) is 13.2 Å². The van der Waals surface area contributed by atoms with Crippen molar-refractivity contribution < 1.29 is 4.74 Å². The van der Waals surface area contributed by atoms with Gasteiger partial charge >= 0.3 is 0 Å². The summed E-state index contributed by atoms with van der Waals surface area (Å²) < 4.78 is 5.16. The van der Waals surface area contributed by atoms with Crippen LogP contribution < -0.4 is 0 Å². The van der Waals surface area contributed by atoms with Gasteiger partial charge in [0.1, 0.15) is 0 Å². The Morgan fingerprint density at radius 3 is 2.40 bits per heavy atom. The normalized spacial score (nSPS) is 11.0. The monoisotopic (exact) mass is 142 g/mol. The second-order valence-electron chi connectivity index (χ2n) is 2.25. The molecular formula is C9H18O. The van der Waals surface area contributed by atoms with Gasteiger partial charge in [0.25, 0.3) is 0 Å². The Labute approximate surface area is 64.1 Å². The first-order chi connectivity index (χ1) is 4.91. The van der Waals surface area contributed by atoms with E-state index in [1.807, 2.05) is 6.92 Å². The highest BCUT2D eigenvalue weighted by Crippen LogP contribution is 1.91. The van der Waals surface area contributed by atoms with E-state index in [4.69, 9.17) is 4.74 Å². The lowest BCUT2D eigenvalue weighted by Gasteiger charge is -1.94. The molecule has 0 N–H and O–H groups in total. The standard InChI is InChI=1S/C9H18O/c1-3-5-6-7-8-9-10-4-2/h6-7H,3-5,8-9H2,1-2H3. The highest BCUT2D eigenvalue weighted by molar-refractivity contribution is 4.80. The van der Waals surface area contributed by atoms with Gasteiger partial charge in [-0.25, -0.2) is 0 Å². The Balaban J connectivity index is 2.88. The van der Waals surface area contributed by atoms with Crippen LogP contribution >= 0.6 is 0 Å². The third kappa shape index (κ3) is 7.70. The SMILES string of the molecule is CCCC=CCCOCC. The molecular weight excluding hydrogens is 124 g/mol. The number of hydrogen-bond donors (Lipinski definition) is 0. The molecule has 0 atom stereocenters. The molecule has 1 nitrogen and oxygen atoms in total. The van der Waals surface area contributed by atoms with Gasteiger partial charge in [-0.05, 0) is 19.8 Å². The van der Waals surface area contributed by atoms with Crippen molar-refractivity contribution in [2.24, 2.45) is 0 Å². The molecule has 0 bridgehead atoms. The minimum atomic E-state index is 0.835. The van der Waals surface area contributed by atoms with Gasteiger partial charge in [0.2, 0.25) is 0 Å². The zero-order valence-corrected chi connectivity index (χ0v) is 7.10. The maximum absolute atomic E-state index is 5.16. The summed E-state index contributed by atoms with van der Waals surface area (Å²) in [6.45, 7) is 5.92. The molecule has 0 aromatic carbocycles. The third-order valence-corrected chi connectivity index (χ3v) is 1.25. The van der Waals surface area contributed by atoms with Crippen LogP contribution in [0.4, 0.5) is 0 Å². The molecule has 0 spiro atoms. The van der Waals surface area contributed by atoms with Crippen LogP contribution in [0.3, 0.4) is 0 Å². The van der Waals surface area contributed by atoms with Gasteiger partial charge in [0.05, 0.1) is 0 Å². The summed E-state index contributed by atoms with van der Waals surface area (Å²) >= 11 is 0. The molecule has 0 aliphatic rings. The summed E-state index contributed by atoms with van der Waals surface area (Å²) in [5.74, 6) is 0. The molecule has 0 aliphatic carbocycles. The molecule has 10 heavy (non-hydrogen) atoms. The highest BCUT2D eigenvalue weighted by atomic mass is 16.5. The van der Waals surface area contributed by atoms with Crippen molar-refractivity contribution in [3.05, 3.63) is 12.2 Å². The van der Waals surface area contributed by atoms with E-state index in [1.54, 1.807) is 0 Å². The van der Waals surface area contributed by atoms with E-state index in [2.05, 4.69) is 19.1 Å². The van der Waals surface area contributed by atoms with Crippen molar-refractivity contribution in [1.82, 2.24) is 0 Å². The second-order valence-corrected chi connectivity index (χ2v) is 2.25. The fraction of sp³-hybridized carbons (Fsp3) is 0.778. The summed E-state index contributed by atoms with van der Waals surface area (Å²) in [6, 6.07) is 0. The van der Waals surface area contributed by atoms with Gasteiger partial charge in [-0.15, -0.1) is 0 Å². The van der Waals surface area contributed by atoms with Crippen LogP contribution in [0.1, 0.15) is 33.1 Å². The summed E-state index contributed by atoms with van der Waals surface area (Å²) in [5, 5.41) is 0. The number of hydrogen-bond acceptors (Lipinski definition) is 1. The van der Waals surface area contributed by atoms with Gasteiger partial charge in [-0.1, -0.05) is 25.5 Å². The van der Waals surface area contributed by atoms with Gasteiger partial charge in [-0.3, -0.25) is 0 Å². The van der Waals surface area contributed by atoms with E-state index >= 15 is 0 Å². The molecule has 0 saturated heterocycles. The molecule has 0 amide bonds. The minimum Gasteiger partial charge on any atom is -0.381 e. The summed E-state index contributed by atoms with van der Waals surface area (Å²) in [6.07, 6.45) is 7.92. The Morgan fingerprint density at radius 2 is 1.80 bits per heavy atom. The van der Waals surface area contributed by atoms with Gasteiger partial charge in [0.15, 0.2) is 0 Å². The highest BCUT2D eigenvalue weighted by Gasteiger charge is 1.79. The number of unbranched alkanes of at least 4 members (excludes halogenated alkanes) is 1. The Hall–Kier alpha value is -0.300. The van der Waals surface area contributed by atoms with Crippen LogP contribution in [0.5, 0.6) is 0 Å². The Kier molecular flexibility index (Phi) is 8.44. The number of ether oxygens (including phenoxy) is 1. The lowest BCUT2D eigenvalue weighted by atomic mass is 10.3. The van der Waals surface area contributed by atoms with Crippen molar-refractivity contribution >= 4 is 0 Å². The van der Waals surface area contributed by atoms with Crippen LogP contribution in [-0.2, 0) is 4.74 Å². The smallest absolute Gasteiger partial charge is 0.0500 e. The van der Waals surface area contributed by atoms with E-state index in [1.165, 1.54) is 12.8 Å². The lowest BCUT2D eigenvalue weighted by molar-refractivity contribution is 0.152. The summed E-state index contributed by atoms with van der Waals surface area (Å²) in [7, 11) is 0. The van der Waals surface area contributed by atoms with Crippen LogP contribution in [0, 0.1) is 0 Å². The van der Waals surface area contributed by atoms with Crippen molar-refractivity contribution in [1.29, 1.82) is 0 Å². The molecule has 0 aromatic heterocycles. The third-order valence-electron chi connectivity index (χ3n) is 1.25. The molecule has 0 unspecified atom stereocenters. The van der Waals surface area contributed by atoms with Crippen LogP contribution in [0.2, 0.25) is 0 Å². The molecule has 0 radical (unpaired) electrons. The second kappa shape index (κ2) is 8.70. The molecule has 1 heteroatoms. The van der Waals surface area contributed by atoms with E-state index in [0.29, 0.717) is 0 Å².